The van der Waals surface area contributed by atoms with E-state index in [4.69, 9.17) is 0 Å². The van der Waals surface area contributed by atoms with Gasteiger partial charge in [0.25, 0.3) is 0 Å². The van der Waals surface area contributed by atoms with Crippen LogP contribution in [-0.2, 0) is 6.54 Å². The molecular formula is C15H23N3. The number of rotatable bonds is 8. The zero-order valence-corrected chi connectivity index (χ0v) is 11.4. The lowest BCUT2D eigenvalue weighted by molar-refractivity contribution is 0.581. The molecule has 1 N–H and O–H groups in total. The second kappa shape index (κ2) is 7.67. The third-order valence-corrected chi connectivity index (χ3v) is 2.56. The first-order chi connectivity index (χ1) is 8.67. The maximum Gasteiger partial charge on any atom is 0.0562 e. The molecule has 0 saturated heterocycles. The van der Waals surface area contributed by atoms with Crippen molar-refractivity contribution in [2.45, 2.75) is 26.4 Å². The second-order valence-electron chi connectivity index (χ2n) is 4.52. The zero-order chi connectivity index (χ0) is 13.4. The van der Waals surface area contributed by atoms with Crippen LogP contribution in [0, 0.1) is 0 Å². The van der Waals surface area contributed by atoms with Crippen LogP contribution >= 0.6 is 0 Å². The van der Waals surface area contributed by atoms with Crippen LogP contribution in [0.25, 0.3) is 0 Å². The number of anilines is 1. The van der Waals surface area contributed by atoms with Crippen LogP contribution in [0.4, 0.5) is 5.69 Å². The molecule has 0 unspecified atom stereocenters. The van der Waals surface area contributed by atoms with Crippen LogP contribution in [0.3, 0.4) is 0 Å². The van der Waals surface area contributed by atoms with Crippen LogP contribution in [0.1, 0.15) is 19.5 Å². The highest BCUT2D eigenvalue weighted by Gasteiger charge is 2.04. The Hall–Kier alpha value is -1.61. The molecule has 0 amide bonds. The Morgan fingerprint density at radius 3 is 2.56 bits per heavy atom. The Morgan fingerprint density at radius 1 is 1.33 bits per heavy atom. The van der Waals surface area contributed by atoms with Gasteiger partial charge in [0, 0.05) is 37.6 Å². The van der Waals surface area contributed by atoms with Gasteiger partial charge in [0.2, 0.25) is 0 Å². The molecule has 1 rings (SSSR count). The fourth-order valence-electron chi connectivity index (χ4n) is 1.66. The Bertz CT molecular complexity index is 375. The molecule has 0 saturated carbocycles. The summed E-state index contributed by atoms with van der Waals surface area (Å²) >= 11 is 0. The molecule has 1 aromatic heterocycles. The minimum atomic E-state index is 0.466. The quantitative estimate of drug-likeness (QED) is 0.714. The Balaban J connectivity index is 2.77. The number of hydrogen-bond acceptors (Lipinski definition) is 3. The highest BCUT2D eigenvalue weighted by atomic mass is 15.1. The fourth-order valence-corrected chi connectivity index (χ4v) is 1.66. The fraction of sp³-hybridized carbons (Fsp3) is 0.400. The first-order valence-corrected chi connectivity index (χ1v) is 6.32. The number of nitrogens with one attached hydrogen (secondary N) is 1. The van der Waals surface area contributed by atoms with Crippen molar-refractivity contribution in [3.63, 3.8) is 0 Å². The van der Waals surface area contributed by atoms with E-state index < -0.39 is 0 Å². The monoisotopic (exact) mass is 245 g/mol. The van der Waals surface area contributed by atoms with Gasteiger partial charge in [0.1, 0.15) is 0 Å². The molecule has 1 aromatic rings. The molecule has 18 heavy (non-hydrogen) atoms. The summed E-state index contributed by atoms with van der Waals surface area (Å²) in [4.78, 5) is 6.58. The maximum absolute atomic E-state index is 4.37. The summed E-state index contributed by atoms with van der Waals surface area (Å²) in [7, 11) is 0. The summed E-state index contributed by atoms with van der Waals surface area (Å²) in [5.74, 6) is 0. The van der Waals surface area contributed by atoms with Gasteiger partial charge in [0.15, 0.2) is 0 Å². The van der Waals surface area contributed by atoms with Crippen LogP contribution in [0.5, 0.6) is 0 Å². The smallest absolute Gasteiger partial charge is 0.0562 e. The van der Waals surface area contributed by atoms with E-state index in [1.807, 2.05) is 24.4 Å². The molecular weight excluding hydrogens is 222 g/mol. The summed E-state index contributed by atoms with van der Waals surface area (Å²) in [6.07, 6.45) is 5.65. The summed E-state index contributed by atoms with van der Waals surface area (Å²) in [6, 6.07) is 4.60. The standard InChI is InChI=1S/C15H23N3/c1-5-9-18(10-6-2)15-7-8-16-14(11-15)12-17-13(3)4/h5-8,11,13,17H,1-2,9-10,12H2,3-4H3. The summed E-state index contributed by atoms with van der Waals surface area (Å²) in [6.45, 7) is 14.3. The van der Waals surface area contributed by atoms with Crippen molar-refractivity contribution in [3.05, 3.63) is 49.3 Å². The predicted octanol–water partition coefficient (Wildman–Crippen LogP) is 2.76. The van der Waals surface area contributed by atoms with Gasteiger partial charge in [-0.25, -0.2) is 0 Å². The summed E-state index contributed by atoms with van der Waals surface area (Å²) < 4.78 is 0. The maximum atomic E-state index is 4.37. The highest BCUT2D eigenvalue weighted by molar-refractivity contribution is 5.47. The molecule has 0 atom stereocenters. The van der Waals surface area contributed by atoms with Crippen LogP contribution in [-0.4, -0.2) is 24.1 Å². The van der Waals surface area contributed by atoms with Crippen molar-refractivity contribution in [2.75, 3.05) is 18.0 Å². The van der Waals surface area contributed by atoms with Crippen molar-refractivity contribution < 1.29 is 0 Å². The lowest BCUT2D eigenvalue weighted by Gasteiger charge is -2.22. The third kappa shape index (κ3) is 4.72. The molecule has 3 heteroatoms. The van der Waals surface area contributed by atoms with Crippen LogP contribution < -0.4 is 10.2 Å². The number of hydrogen-bond donors (Lipinski definition) is 1. The minimum absolute atomic E-state index is 0.466. The van der Waals surface area contributed by atoms with E-state index in [1.54, 1.807) is 0 Å². The van der Waals surface area contributed by atoms with Gasteiger partial charge in [-0.15, -0.1) is 13.2 Å². The Labute approximate surface area is 110 Å². The Morgan fingerprint density at radius 2 is 2.00 bits per heavy atom. The second-order valence-corrected chi connectivity index (χ2v) is 4.52. The lowest BCUT2D eigenvalue weighted by atomic mass is 10.2. The Kier molecular flexibility index (Phi) is 6.15. The van der Waals surface area contributed by atoms with E-state index in [-0.39, 0.29) is 0 Å². The van der Waals surface area contributed by atoms with Gasteiger partial charge in [-0.1, -0.05) is 26.0 Å². The van der Waals surface area contributed by atoms with E-state index in [1.165, 1.54) is 0 Å². The predicted molar refractivity (Wildman–Crippen MR) is 78.8 cm³/mol. The van der Waals surface area contributed by atoms with Crippen molar-refractivity contribution in [1.82, 2.24) is 10.3 Å². The molecule has 0 aliphatic heterocycles. The van der Waals surface area contributed by atoms with E-state index in [0.717, 1.165) is 31.0 Å². The highest BCUT2D eigenvalue weighted by Crippen LogP contribution is 2.14. The van der Waals surface area contributed by atoms with Crippen LogP contribution in [0.2, 0.25) is 0 Å². The van der Waals surface area contributed by atoms with Gasteiger partial charge in [-0.05, 0) is 12.1 Å². The first-order valence-electron chi connectivity index (χ1n) is 6.32. The molecule has 1 heterocycles. The van der Waals surface area contributed by atoms with Crippen LogP contribution in [0.15, 0.2) is 43.6 Å². The molecule has 0 radical (unpaired) electrons. The number of aromatic nitrogens is 1. The van der Waals surface area contributed by atoms with Gasteiger partial charge in [0.05, 0.1) is 5.69 Å². The van der Waals surface area contributed by atoms with Crippen molar-refractivity contribution in [1.29, 1.82) is 0 Å². The summed E-state index contributed by atoms with van der Waals surface area (Å²) in [5.41, 5.74) is 2.21. The largest absolute Gasteiger partial charge is 0.364 e. The molecule has 0 bridgehead atoms. The molecule has 0 aliphatic rings. The van der Waals surface area contributed by atoms with E-state index in [2.05, 4.69) is 48.3 Å². The lowest BCUT2D eigenvalue weighted by Crippen LogP contribution is -2.25. The molecule has 0 fully saturated rings. The third-order valence-electron chi connectivity index (χ3n) is 2.56. The minimum Gasteiger partial charge on any atom is -0.364 e. The normalized spacial score (nSPS) is 10.4. The zero-order valence-electron chi connectivity index (χ0n) is 11.4. The van der Waals surface area contributed by atoms with Crippen molar-refractivity contribution >= 4 is 5.69 Å². The first kappa shape index (κ1) is 14.5. The average molecular weight is 245 g/mol. The number of pyridine rings is 1. The van der Waals surface area contributed by atoms with Crippen molar-refractivity contribution in [2.24, 2.45) is 0 Å². The SMILES string of the molecule is C=CCN(CC=C)c1ccnc(CNC(C)C)c1. The van der Waals surface area contributed by atoms with Gasteiger partial charge in [-0.3, -0.25) is 4.98 Å². The average Bonchev–Trinajstić information content (AvgIpc) is 2.36. The van der Waals surface area contributed by atoms with Crippen molar-refractivity contribution in [3.8, 4) is 0 Å². The molecule has 0 spiro atoms. The van der Waals surface area contributed by atoms with E-state index in [0.29, 0.717) is 6.04 Å². The topological polar surface area (TPSA) is 28.2 Å². The number of nitrogens with zero attached hydrogens (tertiary/aromatic N) is 2. The summed E-state index contributed by atoms with van der Waals surface area (Å²) in [5, 5.41) is 3.37. The molecule has 98 valence electrons. The van der Waals surface area contributed by atoms with E-state index >= 15 is 0 Å². The molecule has 3 nitrogen and oxygen atoms in total. The molecule has 0 aromatic carbocycles. The van der Waals surface area contributed by atoms with Gasteiger partial charge >= 0.3 is 0 Å². The van der Waals surface area contributed by atoms with Gasteiger partial charge in [-0.2, -0.15) is 0 Å². The van der Waals surface area contributed by atoms with E-state index in [9.17, 15) is 0 Å². The molecule has 0 aliphatic carbocycles. The van der Waals surface area contributed by atoms with Gasteiger partial charge < -0.3 is 10.2 Å².